The molecule has 21 heavy (non-hydrogen) atoms. The Morgan fingerprint density at radius 3 is 2.81 bits per heavy atom. The molecule has 0 saturated heterocycles. The molecule has 0 fully saturated rings. The molecule has 0 aliphatic rings. The van der Waals surface area contributed by atoms with Crippen LogP contribution in [0.15, 0.2) is 30.5 Å². The van der Waals surface area contributed by atoms with Gasteiger partial charge in [0, 0.05) is 26.2 Å². The van der Waals surface area contributed by atoms with E-state index in [1.165, 1.54) is 0 Å². The number of hydrogen-bond acceptors (Lipinski definition) is 3. The molecule has 6 nitrogen and oxygen atoms in total. The van der Waals surface area contributed by atoms with Gasteiger partial charge in [-0.15, -0.1) is 0 Å². The zero-order valence-electron chi connectivity index (χ0n) is 11.9. The second-order valence-electron chi connectivity index (χ2n) is 5.05. The highest BCUT2D eigenvalue weighted by atomic mass is 16.4. The number of carbonyl (C=O) groups is 1. The summed E-state index contributed by atoms with van der Waals surface area (Å²) in [4.78, 5) is 15.5. The lowest BCUT2D eigenvalue weighted by atomic mass is 10.2. The number of imidazole rings is 1. The minimum atomic E-state index is -0.933. The first kappa shape index (κ1) is 13.4. The molecule has 1 N–H and O–H groups in total. The van der Waals surface area contributed by atoms with Crippen molar-refractivity contribution in [3.63, 3.8) is 0 Å². The minimum Gasteiger partial charge on any atom is -0.478 e. The van der Waals surface area contributed by atoms with E-state index >= 15 is 0 Å². The summed E-state index contributed by atoms with van der Waals surface area (Å²) in [5.41, 5.74) is 2.96. The first-order chi connectivity index (χ1) is 10.0. The van der Waals surface area contributed by atoms with Crippen LogP contribution in [0.3, 0.4) is 0 Å². The molecule has 6 heteroatoms. The van der Waals surface area contributed by atoms with Gasteiger partial charge in [0.15, 0.2) is 0 Å². The Morgan fingerprint density at radius 2 is 2.14 bits per heavy atom. The van der Waals surface area contributed by atoms with Gasteiger partial charge in [-0.3, -0.25) is 4.68 Å². The number of aryl methyl sites for hydroxylation is 4. The molecule has 108 valence electrons. The predicted octanol–water partition coefficient (Wildman–Crippen LogP) is 2.02. The normalized spacial score (nSPS) is 11.1. The Labute approximate surface area is 121 Å². The third-order valence-corrected chi connectivity index (χ3v) is 3.55. The molecule has 1 aromatic carbocycles. The van der Waals surface area contributed by atoms with Crippen LogP contribution in [-0.4, -0.2) is 30.4 Å². The van der Waals surface area contributed by atoms with Gasteiger partial charge in [0.05, 0.1) is 22.3 Å². The molecule has 0 atom stereocenters. The van der Waals surface area contributed by atoms with Crippen LogP contribution in [0.25, 0.3) is 11.0 Å². The minimum absolute atomic E-state index is 0.261. The van der Waals surface area contributed by atoms with Crippen LogP contribution >= 0.6 is 0 Å². The average Bonchev–Trinajstić information content (AvgIpc) is 2.98. The fourth-order valence-electron chi connectivity index (χ4n) is 2.49. The molecule has 0 bridgehead atoms. The molecular formula is C15H16N4O2. The summed E-state index contributed by atoms with van der Waals surface area (Å²) in [6.07, 6.45) is 2.74. The number of nitrogens with zero attached hydrogens (tertiary/aromatic N) is 4. The Kier molecular flexibility index (Phi) is 3.21. The van der Waals surface area contributed by atoms with Crippen LogP contribution in [0.2, 0.25) is 0 Å². The van der Waals surface area contributed by atoms with Crippen LogP contribution in [0.5, 0.6) is 0 Å². The maximum Gasteiger partial charge on any atom is 0.335 e. The number of aromatic nitrogens is 4. The number of aromatic carboxylic acids is 1. The molecule has 0 unspecified atom stereocenters. The zero-order chi connectivity index (χ0) is 15.0. The second-order valence-corrected chi connectivity index (χ2v) is 5.05. The molecular weight excluding hydrogens is 268 g/mol. The van der Waals surface area contributed by atoms with Gasteiger partial charge >= 0.3 is 5.97 Å². The Morgan fingerprint density at radius 1 is 1.33 bits per heavy atom. The van der Waals surface area contributed by atoms with Crippen LogP contribution in [0.4, 0.5) is 0 Å². The van der Waals surface area contributed by atoms with Gasteiger partial charge in [-0.2, -0.15) is 5.10 Å². The van der Waals surface area contributed by atoms with Crippen molar-refractivity contribution in [3.05, 3.63) is 47.5 Å². The highest BCUT2D eigenvalue weighted by Gasteiger charge is 2.11. The van der Waals surface area contributed by atoms with Gasteiger partial charge < -0.3 is 9.67 Å². The van der Waals surface area contributed by atoms with Crippen molar-refractivity contribution in [2.24, 2.45) is 7.05 Å². The van der Waals surface area contributed by atoms with Gasteiger partial charge in [-0.25, -0.2) is 9.78 Å². The van der Waals surface area contributed by atoms with Crippen molar-refractivity contribution in [1.82, 2.24) is 19.3 Å². The lowest BCUT2D eigenvalue weighted by molar-refractivity contribution is 0.0697. The molecule has 0 aliphatic heterocycles. The van der Waals surface area contributed by atoms with Crippen molar-refractivity contribution in [2.45, 2.75) is 19.9 Å². The zero-order valence-corrected chi connectivity index (χ0v) is 11.9. The number of rotatable bonds is 4. The van der Waals surface area contributed by atoms with Crippen molar-refractivity contribution >= 4 is 17.0 Å². The van der Waals surface area contributed by atoms with E-state index in [0.717, 1.165) is 30.0 Å². The molecule has 0 spiro atoms. The molecule has 0 radical (unpaired) electrons. The fourth-order valence-corrected chi connectivity index (χ4v) is 2.49. The summed E-state index contributed by atoms with van der Waals surface area (Å²) in [7, 11) is 1.90. The maximum absolute atomic E-state index is 11.0. The lowest BCUT2D eigenvalue weighted by Crippen LogP contribution is -2.04. The van der Waals surface area contributed by atoms with E-state index in [9.17, 15) is 4.79 Å². The summed E-state index contributed by atoms with van der Waals surface area (Å²) in [6.45, 7) is 2.70. The van der Waals surface area contributed by atoms with E-state index in [2.05, 4.69) is 14.6 Å². The quantitative estimate of drug-likeness (QED) is 0.795. The van der Waals surface area contributed by atoms with Crippen molar-refractivity contribution in [1.29, 1.82) is 0 Å². The van der Waals surface area contributed by atoms with Crippen LogP contribution < -0.4 is 0 Å². The average molecular weight is 284 g/mol. The molecule has 0 amide bonds. The summed E-state index contributed by atoms with van der Waals surface area (Å²) in [5.74, 6) is -0.0546. The summed E-state index contributed by atoms with van der Waals surface area (Å²) in [5, 5.41) is 13.4. The third-order valence-electron chi connectivity index (χ3n) is 3.55. The molecule has 0 aliphatic carbocycles. The van der Waals surface area contributed by atoms with E-state index in [1.54, 1.807) is 16.8 Å². The van der Waals surface area contributed by atoms with E-state index < -0.39 is 5.97 Å². The van der Waals surface area contributed by atoms with Crippen molar-refractivity contribution < 1.29 is 9.90 Å². The first-order valence-electron chi connectivity index (χ1n) is 6.73. The standard InChI is InChI=1S/C15H16N4O2/c1-10-16-13-9-11(15(20)21)3-4-14(13)19(10)8-6-12-5-7-18(2)17-12/h3-5,7,9H,6,8H2,1-2H3,(H,20,21). The van der Waals surface area contributed by atoms with E-state index in [1.807, 2.05) is 32.3 Å². The number of hydrogen-bond donors (Lipinski definition) is 1. The van der Waals surface area contributed by atoms with Crippen LogP contribution in [0.1, 0.15) is 21.9 Å². The molecule has 3 rings (SSSR count). The van der Waals surface area contributed by atoms with E-state index in [-0.39, 0.29) is 5.56 Å². The fraction of sp³-hybridized carbons (Fsp3) is 0.267. The number of fused-ring (bicyclic) bond motifs is 1. The first-order valence-corrected chi connectivity index (χ1v) is 6.73. The molecule has 2 aromatic heterocycles. The summed E-state index contributed by atoms with van der Waals surface area (Å²) < 4.78 is 3.88. The predicted molar refractivity (Wildman–Crippen MR) is 78.3 cm³/mol. The SMILES string of the molecule is Cc1nc2cc(C(=O)O)ccc2n1CCc1ccn(C)n1. The Balaban J connectivity index is 1.91. The highest BCUT2D eigenvalue weighted by Crippen LogP contribution is 2.18. The van der Waals surface area contributed by atoms with Gasteiger partial charge in [-0.1, -0.05) is 0 Å². The lowest BCUT2D eigenvalue weighted by Gasteiger charge is -2.05. The van der Waals surface area contributed by atoms with Crippen LogP contribution in [0, 0.1) is 6.92 Å². The van der Waals surface area contributed by atoms with Gasteiger partial charge in [0.1, 0.15) is 5.82 Å². The van der Waals surface area contributed by atoms with Gasteiger partial charge in [0.2, 0.25) is 0 Å². The smallest absolute Gasteiger partial charge is 0.335 e. The largest absolute Gasteiger partial charge is 0.478 e. The van der Waals surface area contributed by atoms with Crippen LogP contribution in [-0.2, 0) is 20.0 Å². The number of benzene rings is 1. The number of carboxylic acids is 1. The summed E-state index contributed by atoms with van der Waals surface area (Å²) >= 11 is 0. The topological polar surface area (TPSA) is 72.9 Å². The van der Waals surface area contributed by atoms with Gasteiger partial charge in [-0.05, 0) is 31.2 Å². The third kappa shape index (κ3) is 2.52. The maximum atomic E-state index is 11.0. The molecule has 0 saturated carbocycles. The highest BCUT2D eigenvalue weighted by molar-refractivity contribution is 5.92. The monoisotopic (exact) mass is 284 g/mol. The Bertz CT molecular complexity index is 816. The van der Waals surface area contributed by atoms with Gasteiger partial charge in [0.25, 0.3) is 0 Å². The number of carboxylic acid groups (broad SMARTS) is 1. The Hall–Kier alpha value is -2.63. The van der Waals surface area contributed by atoms with E-state index in [0.29, 0.717) is 5.52 Å². The van der Waals surface area contributed by atoms with Crippen molar-refractivity contribution in [3.8, 4) is 0 Å². The van der Waals surface area contributed by atoms with E-state index in [4.69, 9.17) is 5.11 Å². The summed E-state index contributed by atoms with van der Waals surface area (Å²) in [6, 6.07) is 7.04. The molecule has 3 aromatic rings. The molecule has 2 heterocycles. The second kappa shape index (κ2) is 5.05. The van der Waals surface area contributed by atoms with Crippen molar-refractivity contribution in [2.75, 3.05) is 0 Å².